The number of morpholine rings is 1. The molecule has 0 amide bonds. The monoisotopic (exact) mass is 577 g/mol. The van der Waals surface area contributed by atoms with Crippen molar-refractivity contribution in [2.75, 3.05) is 53.0 Å². The Morgan fingerprint density at radius 3 is 2.32 bits per heavy atom. The molecule has 0 bridgehead atoms. The highest BCUT2D eigenvalue weighted by Crippen LogP contribution is 2.22. The van der Waals surface area contributed by atoms with Crippen LogP contribution in [0.15, 0.2) is 59.6 Å². The Morgan fingerprint density at radius 1 is 1.00 bits per heavy atom. The highest BCUT2D eigenvalue weighted by Gasteiger charge is 2.24. The van der Waals surface area contributed by atoms with E-state index < -0.39 is 0 Å². The van der Waals surface area contributed by atoms with Gasteiger partial charge in [-0.1, -0.05) is 60.2 Å². The molecule has 2 heterocycles. The summed E-state index contributed by atoms with van der Waals surface area (Å²) >= 11 is 0. The van der Waals surface area contributed by atoms with Crippen molar-refractivity contribution < 1.29 is 4.74 Å². The molecule has 7 heteroatoms. The van der Waals surface area contributed by atoms with Crippen LogP contribution in [-0.2, 0) is 11.3 Å². The number of halogens is 1. The van der Waals surface area contributed by atoms with E-state index >= 15 is 0 Å². The highest BCUT2D eigenvalue weighted by atomic mass is 127. The van der Waals surface area contributed by atoms with Gasteiger partial charge in [0.05, 0.1) is 19.3 Å². The predicted octanol–water partition coefficient (Wildman–Crippen LogP) is 3.82. The number of rotatable bonds is 7. The van der Waals surface area contributed by atoms with Gasteiger partial charge in [-0.3, -0.25) is 14.8 Å². The number of piperidine rings is 1. The lowest BCUT2D eigenvalue weighted by atomic mass is 10.0. The molecule has 34 heavy (non-hydrogen) atoms. The molecule has 2 aliphatic rings. The minimum Gasteiger partial charge on any atom is -0.379 e. The normalized spacial score (nSPS) is 19.3. The van der Waals surface area contributed by atoms with E-state index in [1.54, 1.807) is 0 Å². The molecule has 1 unspecified atom stereocenters. The van der Waals surface area contributed by atoms with E-state index in [1.807, 2.05) is 7.05 Å². The van der Waals surface area contributed by atoms with Crippen molar-refractivity contribution in [3.63, 3.8) is 0 Å². The summed E-state index contributed by atoms with van der Waals surface area (Å²) < 4.78 is 5.60. The standard InChI is InChI=1S/C27H39N5O.HI/c1-22-8-10-24(11-9-22)26(32-16-18-33-19-17-32)20-29-27(28-2)30-25-12-14-31(15-13-25)21-23-6-4-3-5-7-23;/h3-11,25-26H,12-21H2,1-2H3,(H2,28,29,30);1H. The third-order valence-corrected chi connectivity index (χ3v) is 6.81. The summed E-state index contributed by atoms with van der Waals surface area (Å²) in [5, 5.41) is 7.30. The molecule has 2 fully saturated rings. The Kier molecular flexibility index (Phi) is 11.1. The van der Waals surface area contributed by atoms with Gasteiger partial charge in [0.25, 0.3) is 0 Å². The Morgan fingerprint density at radius 2 is 1.68 bits per heavy atom. The molecule has 6 nitrogen and oxygen atoms in total. The van der Waals surface area contributed by atoms with Crippen molar-refractivity contribution in [2.45, 2.75) is 38.4 Å². The van der Waals surface area contributed by atoms with Crippen LogP contribution in [0.4, 0.5) is 0 Å². The van der Waals surface area contributed by atoms with Crippen LogP contribution >= 0.6 is 24.0 Å². The minimum absolute atomic E-state index is 0. The number of likely N-dealkylation sites (tertiary alicyclic amines) is 1. The number of ether oxygens (including phenoxy) is 1. The summed E-state index contributed by atoms with van der Waals surface area (Å²) in [7, 11) is 1.87. The van der Waals surface area contributed by atoms with Crippen LogP contribution in [0.5, 0.6) is 0 Å². The second-order valence-electron chi connectivity index (χ2n) is 9.21. The average molecular weight is 578 g/mol. The number of aliphatic imine (C=N–C) groups is 1. The predicted molar refractivity (Wildman–Crippen MR) is 151 cm³/mol. The van der Waals surface area contributed by atoms with Crippen molar-refractivity contribution in [3.05, 3.63) is 71.3 Å². The third-order valence-electron chi connectivity index (χ3n) is 6.81. The number of hydrogen-bond acceptors (Lipinski definition) is 4. The summed E-state index contributed by atoms with van der Waals surface area (Å²) in [6.45, 7) is 9.77. The quantitative estimate of drug-likeness (QED) is 0.298. The first kappa shape index (κ1) is 26.9. The Balaban J connectivity index is 0.00000324. The van der Waals surface area contributed by atoms with Crippen LogP contribution in [0.2, 0.25) is 0 Å². The van der Waals surface area contributed by atoms with Crippen LogP contribution in [0.3, 0.4) is 0 Å². The van der Waals surface area contributed by atoms with Gasteiger partial charge in [-0.15, -0.1) is 24.0 Å². The molecule has 2 saturated heterocycles. The second-order valence-corrected chi connectivity index (χ2v) is 9.21. The smallest absolute Gasteiger partial charge is 0.191 e. The summed E-state index contributed by atoms with van der Waals surface area (Å²) in [5.41, 5.74) is 4.04. The van der Waals surface area contributed by atoms with Crippen molar-refractivity contribution in [2.24, 2.45) is 4.99 Å². The Hall–Kier alpha value is -1.68. The van der Waals surface area contributed by atoms with E-state index in [1.165, 1.54) is 16.7 Å². The maximum absolute atomic E-state index is 5.60. The average Bonchev–Trinajstić information content (AvgIpc) is 2.87. The number of nitrogens with one attached hydrogen (secondary N) is 2. The summed E-state index contributed by atoms with van der Waals surface area (Å²) in [4.78, 5) is 9.61. The van der Waals surface area contributed by atoms with E-state index in [0.29, 0.717) is 12.1 Å². The number of aryl methyl sites for hydroxylation is 1. The number of guanidine groups is 1. The molecule has 2 N–H and O–H groups in total. The molecule has 186 valence electrons. The van der Waals surface area contributed by atoms with Gasteiger partial charge in [-0.05, 0) is 30.9 Å². The van der Waals surface area contributed by atoms with Crippen LogP contribution in [0, 0.1) is 6.92 Å². The van der Waals surface area contributed by atoms with Gasteiger partial charge >= 0.3 is 0 Å². The second kappa shape index (κ2) is 14.0. The molecule has 0 aliphatic carbocycles. The first-order chi connectivity index (χ1) is 16.2. The molecular formula is C27H40IN5O. The van der Waals surface area contributed by atoms with Crippen molar-refractivity contribution >= 4 is 29.9 Å². The molecule has 4 rings (SSSR count). The zero-order valence-electron chi connectivity index (χ0n) is 20.6. The van der Waals surface area contributed by atoms with Crippen LogP contribution in [-0.4, -0.2) is 74.8 Å². The number of hydrogen-bond donors (Lipinski definition) is 2. The van der Waals surface area contributed by atoms with Gasteiger partial charge in [0.2, 0.25) is 0 Å². The van der Waals surface area contributed by atoms with Gasteiger partial charge in [-0.25, -0.2) is 0 Å². The topological polar surface area (TPSA) is 52.1 Å². The van der Waals surface area contributed by atoms with Gasteiger partial charge in [0.15, 0.2) is 5.96 Å². The molecule has 2 aliphatic heterocycles. The molecule has 0 spiro atoms. The largest absolute Gasteiger partial charge is 0.379 e. The molecule has 1 atom stereocenters. The number of benzene rings is 2. The Labute approximate surface area is 222 Å². The lowest BCUT2D eigenvalue weighted by molar-refractivity contribution is 0.0170. The molecule has 2 aromatic rings. The Bertz CT molecular complexity index is 862. The van der Waals surface area contributed by atoms with E-state index in [4.69, 9.17) is 4.74 Å². The van der Waals surface area contributed by atoms with Crippen molar-refractivity contribution in [1.29, 1.82) is 0 Å². The summed E-state index contributed by atoms with van der Waals surface area (Å²) in [6, 6.07) is 20.5. The maximum atomic E-state index is 5.60. The number of nitrogens with zero attached hydrogens (tertiary/aromatic N) is 3. The fraction of sp³-hybridized carbons (Fsp3) is 0.519. The lowest BCUT2D eigenvalue weighted by Gasteiger charge is -2.36. The fourth-order valence-electron chi connectivity index (χ4n) is 4.79. The minimum atomic E-state index is 0. The molecule has 2 aromatic carbocycles. The van der Waals surface area contributed by atoms with E-state index in [-0.39, 0.29) is 24.0 Å². The van der Waals surface area contributed by atoms with Crippen LogP contribution in [0.25, 0.3) is 0 Å². The molecule has 0 radical (unpaired) electrons. The third kappa shape index (κ3) is 7.93. The van der Waals surface area contributed by atoms with Gasteiger partial charge in [0, 0.05) is 52.4 Å². The molecule has 0 saturated carbocycles. The van der Waals surface area contributed by atoms with E-state index in [0.717, 1.165) is 71.3 Å². The first-order valence-corrected chi connectivity index (χ1v) is 12.3. The van der Waals surface area contributed by atoms with Gasteiger partial charge < -0.3 is 15.4 Å². The van der Waals surface area contributed by atoms with E-state index in [9.17, 15) is 0 Å². The SMILES string of the molecule is CN=C(NCC(c1ccc(C)cc1)N1CCOCC1)NC1CCN(Cc2ccccc2)CC1.I. The zero-order chi connectivity index (χ0) is 22.9. The van der Waals surface area contributed by atoms with E-state index in [2.05, 4.69) is 86.9 Å². The molecular weight excluding hydrogens is 537 g/mol. The lowest BCUT2D eigenvalue weighted by Crippen LogP contribution is -2.50. The summed E-state index contributed by atoms with van der Waals surface area (Å²) in [6.07, 6.45) is 2.27. The molecule has 0 aromatic heterocycles. The fourth-order valence-corrected chi connectivity index (χ4v) is 4.79. The maximum Gasteiger partial charge on any atom is 0.191 e. The van der Waals surface area contributed by atoms with Gasteiger partial charge in [-0.2, -0.15) is 0 Å². The summed E-state index contributed by atoms with van der Waals surface area (Å²) in [5.74, 6) is 0.905. The first-order valence-electron chi connectivity index (χ1n) is 12.3. The van der Waals surface area contributed by atoms with Crippen molar-refractivity contribution in [1.82, 2.24) is 20.4 Å². The van der Waals surface area contributed by atoms with Crippen molar-refractivity contribution in [3.8, 4) is 0 Å². The zero-order valence-corrected chi connectivity index (χ0v) is 22.9. The highest BCUT2D eigenvalue weighted by molar-refractivity contribution is 14.0. The van der Waals surface area contributed by atoms with Crippen LogP contribution in [0.1, 0.15) is 35.6 Å². The van der Waals surface area contributed by atoms with Crippen LogP contribution < -0.4 is 10.6 Å². The van der Waals surface area contributed by atoms with Gasteiger partial charge in [0.1, 0.15) is 0 Å².